The number of carbonyl (C=O) groups is 2. The normalized spacial score (nSPS) is 28.3. The van der Waals surface area contributed by atoms with E-state index in [0.29, 0.717) is 18.7 Å². The molecular weight excluding hydrogens is 296 g/mol. The lowest BCUT2D eigenvalue weighted by Gasteiger charge is -2.60. The van der Waals surface area contributed by atoms with E-state index in [9.17, 15) is 14.7 Å². The standard InChI is InChI=1S/C16H22N4O3/c1-17-9-11-10-18(2)15(23)20(4)16(11,19(3)14(17)22)12-7-5-6-8-13(12)21/h5-8,11,21H,9-10H2,1-4H3. The molecule has 0 aromatic heterocycles. The molecule has 7 heteroatoms. The Kier molecular flexibility index (Phi) is 3.39. The maximum Gasteiger partial charge on any atom is 0.321 e. The van der Waals surface area contributed by atoms with Crippen LogP contribution in [0.25, 0.3) is 0 Å². The van der Waals surface area contributed by atoms with Crippen LogP contribution in [0, 0.1) is 5.92 Å². The Morgan fingerprint density at radius 3 is 1.91 bits per heavy atom. The minimum absolute atomic E-state index is 0.0452. The molecule has 0 atom stereocenters. The van der Waals surface area contributed by atoms with Crippen molar-refractivity contribution in [2.75, 3.05) is 41.3 Å². The van der Waals surface area contributed by atoms with Crippen molar-refractivity contribution in [3.8, 4) is 5.75 Å². The van der Waals surface area contributed by atoms with Crippen LogP contribution in [0.1, 0.15) is 5.56 Å². The molecule has 4 amide bonds. The van der Waals surface area contributed by atoms with Crippen LogP contribution in [0.5, 0.6) is 5.75 Å². The van der Waals surface area contributed by atoms with E-state index < -0.39 is 5.66 Å². The summed E-state index contributed by atoms with van der Waals surface area (Å²) in [4.78, 5) is 31.7. The first-order valence-electron chi connectivity index (χ1n) is 7.58. The van der Waals surface area contributed by atoms with Gasteiger partial charge in [0.1, 0.15) is 5.75 Å². The van der Waals surface area contributed by atoms with E-state index >= 15 is 0 Å². The van der Waals surface area contributed by atoms with Crippen LogP contribution < -0.4 is 0 Å². The maximum atomic E-state index is 12.6. The van der Waals surface area contributed by atoms with E-state index in [0.717, 1.165) is 0 Å². The van der Waals surface area contributed by atoms with Crippen molar-refractivity contribution in [2.24, 2.45) is 5.92 Å². The molecule has 2 fully saturated rings. The van der Waals surface area contributed by atoms with E-state index in [1.807, 2.05) is 6.07 Å². The van der Waals surface area contributed by atoms with Gasteiger partial charge in [0.05, 0.1) is 0 Å². The highest BCUT2D eigenvalue weighted by Gasteiger charge is 2.59. The smallest absolute Gasteiger partial charge is 0.321 e. The molecule has 0 aliphatic carbocycles. The third-order valence-electron chi connectivity index (χ3n) is 5.11. The predicted octanol–water partition coefficient (Wildman–Crippen LogP) is 1.16. The fraction of sp³-hybridized carbons (Fsp3) is 0.500. The molecule has 0 unspecified atom stereocenters. The van der Waals surface area contributed by atoms with Crippen molar-refractivity contribution in [3.63, 3.8) is 0 Å². The molecule has 0 bridgehead atoms. The van der Waals surface area contributed by atoms with E-state index in [2.05, 4.69) is 0 Å². The molecule has 2 aliphatic heterocycles. The first-order valence-corrected chi connectivity index (χ1v) is 7.58. The van der Waals surface area contributed by atoms with Gasteiger partial charge < -0.3 is 14.9 Å². The summed E-state index contributed by atoms with van der Waals surface area (Å²) in [7, 11) is 6.88. The Labute approximate surface area is 135 Å². The van der Waals surface area contributed by atoms with E-state index in [-0.39, 0.29) is 23.7 Å². The summed E-state index contributed by atoms with van der Waals surface area (Å²) in [5.41, 5.74) is -0.406. The second kappa shape index (κ2) is 5.04. The number of fused-ring (bicyclic) bond motifs is 1. The van der Waals surface area contributed by atoms with Gasteiger partial charge in [0.2, 0.25) is 0 Å². The molecule has 124 valence electrons. The topological polar surface area (TPSA) is 67.3 Å². The average Bonchev–Trinajstić information content (AvgIpc) is 2.52. The Morgan fingerprint density at radius 1 is 0.957 bits per heavy atom. The Balaban J connectivity index is 2.25. The van der Waals surface area contributed by atoms with E-state index in [4.69, 9.17) is 0 Å². The third-order valence-corrected chi connectivity index (χ3v) is 5.11. The van der Waals surface area contributed by atoms with Gasteiger partial charge in [0, 0.05) is 52.8 Å². The molecule has 2 aliphatic rings. The van der Waals surface area contributed by atoms with E-state index in [1.54, 1.807) is 66.0 Å². The Hall–Kier alpha value is -2.44. The van der Waals surface area contributed by atoms with Crippen molar-refractivity contribution in [1.29, 1.82) is 0 Å². The lowest BCUT2D eigenvalue weighted by Crippen LogP contribution is -2.75. The number of phenolic OH excluding ortho intramolecular Hbond substituents is 1. The number of hydrogen-bond donors (Lipinski definition) is 1. The molecule has 23 heavy (non-hydrogen) atoms. The summed E-state index contributed by atoms with van der Waals surface area (Å²) < 4.78 is 0. The number of phenols is 1. The summed E-state index contributed by atoms with van der Waals surface area (Å²) in [6, 6.07) is 6.58. The van der Waals surface area contributed by atoms with Crippen LogP contribution in [0.4, 0.5) is 9.59 Å². The van der Waals surface area contributed by atoms with Crippen molar-refractivity contribution in [1.82, 2.24) is 19.6 Å². The number of benzene rings is 1. The second-order valence-corrected chi connectivity index (χ2v) is 6.38. The van der Waals surface area contributed by atoms with Crippen molar-refractivity contribution in [3.05, 3.63) is 29.8 Å². The lowest BCUT2D eigenvalue weighted by atomic mass is 9.79. The molecule has 7 nitrogen and oxygen atoms in total. The van der Waals surface area contributed by atoms with Crippen LogP contribution in [-0.4, -0.2) is 78.0 Å². The molecule has 2 heterocycles. The molecule has 2 saturated heterocycles. The minimum Gasteiger partial charge on any atom is -0.508 e. The van der Waals surface area contributed by atoms with Gasteiger partial charge in [-0.15, -0.1) is 0 Å². The predicted molar refractivity (Wildman–Crippen MR) is 84.9 cm³/mol. The molecule has 3 rings (SSSR count). The quantitative estimate of drug-likeness (QED) is 0.845. The highest BCUT2D eigenvalue weighted by atomic mass is 16.3. The number of nitrogens with zero attached hydrogens (tertiary/aromatic N) is 4. The molecule has 0 radical (unpaired) electrons. The maximum absolute atomic E-state index is 12.6. The van der Waals surface area contributed by atoms with Crippen LogP contribution in [0.15, 0.2) is 24.3 Å². The summed E-state index contributed by atoms with van der Waals surface area (Å²) in [6.45, 7) is 1.03. The zero-order valence-corrected chi connectivity index (χ0v) is 13.9. The summed E-state index contributed by atoms with van der Waals surface area (Å²) >= 11 is 0. The average molecular weight is 318 g/mol. The number of hydrogen-bond acceptors (Lipinski definition) is 3. The summed E-state index contributed by atoms with van der Waals surface area (Å²) in [6.07, 6.45) is 0. The van der Waals surface area contributed by atoms with Crippen LogP contribution >= 0.6 is 0 Å². The number of urea groups is 2. The van der Waals surface area contributed by atoms with Crippen LogP contribution in [0.3, 0.4) is 0 Å². The summed E-state index contributed by atoms with van der Waals surface area (Å²) in [5, 5.41) is 10.4. The molecule has 0 spiro atoms. The van der Waals surface area contributed by atoms with Gasteiger partial charge in [-0.25, -0.2) is 9.59 Å². The molecule has 1 aromatic carbocycles. The van der Waals surface area contributed by atoms with Gasteiger partial charge in [0.15, 0.2) is 5.66 Å². The lowest BCUT2D eigenvalue weighted by molar-refractivity contribution is -0.102. The fourth-order valence-electron chi connectivity index (χ4n) is 4.07. The molecule has 0 saturated carbocycles. The number of aromatic hydroxyl groups is 1. The zero-order chi connectivity index (χ0) is 16.9. The van der Waals surface area contributed by atoms with Crippen molar-refractivity contribution in [2.45, 2.75) is 5.66 Å². The van der Waals surface area contributed by atoms with Crippen LogP contribution in [-0.2, 0) is 5.66 Å². The van der Waals surface area contributed by atoms with Gasteiger partial charge in [0.25, 0.3) is 0 Å². The molecular formula is C16H22N4O3. The van der Waals surface area contributed by atoms with Gasteiger partial charge in [-0.3, -0.25) is 9.80 Å². The van der Waals surface area contributed by atoms with Gasteiger partial charge in [-0.05, 0) is 6.07 Å². The molecule has 1 N–H and O–H groups in total. The SMILES string of the molecule is CN1CC2CN(C)C(=O)N(C)C2(c2ccccc2O)N(C)C1=O. The van der Waals surface area contributed by atoms with Gasteiger partial charge >= 0.3 is 12.1 Å². The fourth-order valence-corrected chi connectivity index (χ4v) is 4.07. The highest BCUT2D eigenvalue weighted by Crippen LogP contribution is 2.47. The number of rotatable bonds is 1. The Bertz CT molecular complexity index is 632. The second-order valence-electron chi connectivity index (χ2n) is 6.38. The highest BCUT2D eigenvalue weighted by molar-refractivity contribution is 5.81. The van der Waals surface area contributed by atoms with Gasteiger partial charge in [-0.2, -0.15) is 0 Å². The first-order chi connectivity index (χ1) is 10.8. The molecule has 1 aromatic rings. The largest absolute Gasteiger partial charge is 0.508 e. The zero-order valence-electron chi connectivity index (χ0n) is 13.9. The third kappa shape index (κ3) is 1.89. The first kappa shape index (κ1) is 15.5. The number of carbonyl (C=O) groups excluding carboxylic acids is 2. The number of amides is 4. The van der Waals surface area contributed by atoms with Crippen LogP contribution in [0.2, 0.25) is 0 Å². The van der Waals surface area contributed by atoms with Crippen molar-refractivity contribution >= 4 is 12.1 Å². The Morgan fingerprint density at radius 2 is 1.43 bits per heavy atom. The van der Waals surface area contributed by atoms with Gasteiger partial charge in [-0.1, -0.05) is 18.2 Å². The van der Waals surface area contributed by atoms with Crippen molar-refractivity contribution < 1.29 is 14.7 Å². The number of para-hydroxylation sites is 1. The van der Waals surface area contributed by atoms with E-state index in [1.165, 1.54) is 0 Å². The minimum atomic E-state index is -0.988. The summed E-state index contributed by atoms with van der Waals surface area (Å²) in [5.74, 6) is 0.0436. The monoisotopic (exact) mass is 318 g/mol.